The van der Waals surface area contributed by atoms with Gasteiger partial charge in [-0.15, -0.1) is 10.2 Å². The molecule has 3 N–H and O–H groups in total. The van der Waals surface area contributed by atoms with Crippen LogP contribution in [0.15, 0.2) is 24.5 Å². The van der Waals surface area contributed by atoms with Gasteiger partial charge in [0.2, 0.25) is 0 Å². The molecule has 19 heavy (non-hydrogen) atoms. The maximum absolute atomic E-state index is 5.75. The largest absolute Gasteiger partial charge is 0.389 e. The molecule has 0 radical (unpaired) electrons. The highest BCUT2D eigenvalue weighted by atomic mass is 32.1. The highest BCUT2D eigenvalue weighted by molar-refractivity contribution is 7.80. The molecule has 2 aromatic rings. The van der Waals surface area contributed by atoms with Gasteiger partial charge in [-0.1, -0.05) is 18.3 Å². The van der Waals surface area contributed by atoms with Gasteiger partial charge in [-0.05, 0) is 31.5 Å². The number of rotatable bonds is 4. The first kappa shape index (κ1) is 13.5. The zero-order valence-electron chi connectivity index (χ0n) is 11.2. The molecule has 1 heterocycles. The molecule has 1 aromatic carbocycles. The van der Waals surface area contributed by atoms with Crippen LogP contribution < -0.4 is 11.1 Å². The summed E-state index contributed by atoms with van der Waals surface area (Å²) in [5, 5.41) is 11.4. The minimum Gasteiger partial charge on any atom is -0.389 e. The molecule has 5 nitrogen and oxygen atoms in total. The van der Waals surface area contributed by atoms with Crippen molar-refractivity contribution in [2.45, 2.75) is 19.9 Å². The molecule has 0 saturated carbocycles. The van der Waals surface area contributed by atoms with Gasteiger partial charge >= 0.3 is 0 Å². The Bertz CT molecular complexity index is 605. The van der Waals surface area contributed by atoms with Gasteiger partial charge in [0.15, 0.2) is 5.82 Å². The summed E-state index contributed by atoms with van der Waals surface area (Å²) in [5.74, 6) is 0.857. The first-order valence-electron chi connectivity index (χ1n) is 6.00. The topological polar surface area (TPSA) is 68.8 Å². The number of benzene rings is 1. The molecular weight excluding hydrogens is 258 g/mol. The van der Waals surface area contributed by atoms with E-state index in [0.29, 0.717) is 4.99 Å². The van der Waals surface area contributed by atoms with Gasteiger partial charge in [0.05, 0.1) is 6.04 Å². The minimum atomic E-state index is 0.0161. The SMILES string of the molecule is Cc1ccc(C(N)=S)c(NC(C)c2nncn2C)c1. The molecule has 0 amide bonds. The lowest BCUT2D eigenvalue weighted by Crippen LogP contribution is -2.17. The molecule has 0 bridgehead atoms. The molecule has 100 valence electrons. The van der Waals surface area contributed by atoms with E-state index in [2.05, 4.69) is 15.5 Å². The van der Waals surface area contributed by atoms with Crippen LogP contribution in [0.1, 0.15) is 29.9 Å². The maximum atomic E-state index is 5.75. The molecule has 1 unspecified atom stereocenters. The quantitative estimate of drug-likeness (QED) is 0.834. The summed E-state index contributed by atoms with van der Waals surface area (Å²) in [6, 6.07) is 5.97. The molecule has 0 aliphatic carbocycles. The molecule has 0 spiro atoms. The molecule has 6 heteroatoms. The van der Waals surface area contributed by atoms with E-state index in [1.807, 2.05) is 43.7 Å². The van der Waals surface area contributed by atoms with Gasteiger partial charge in [0.1, 0.15) is 11.3 Å². The van der Waals surface area contributed by atoms with Gasteiger partial charge in [0.25, 0.3) is 0 Å². The molecule has 0 saturated heterocycles. The van der Waals surface area contributed by atoms with Gasteiger partial charge in [-0.3, -0.25) is 0 Å². The van der Waals surface area contributed by atoms with Gasteiger partial charge in [0, 0.05) is 18.3 Å². The van der Waals surface area contributed by atoms with Crippen molar-refractivity contribution in [3.8, 4) is 0 Å². The van der Waals surface area contributed by atoms with Crippen molar-refractivity contribution in [3.05, 3.63) is 41.5 Å². The van der Waals surface area contributed by atoms with Gasteiger partial charge in [-0.25, -0.2) is 0 Å². The third kappa shape index (κ3) is 2.90. The fourth-order valence-electron chi connectivity index (χ4n) is 1.97. The monoisotopic (exact) mass is 275 g/mol. The highest BCUT2D eigenvalue weighted by Gasteiger charge is 2.14. The van der Waals surface area contributed by atoms with Crippen LogP contribution in [0.2, 0.25) is 0 Å². The molecule has 0 fully saturated rings. The van der Waals surface area contributed by atoms with Crippen LogP contribution >= 0.6 is 12.2 Å². The van der Waals surface area contributed by atoms with Crippen molar-refractivity contribution in [1.82, 2.24) is 14.8 Å². The van der Waals surface area contributed by atoms with Crippen LogP contribution in [0.4, 0.5) is 5.69 Å². The number of aryl methyl sites for hydroxylation is 2. The lowest BCUT2D eigenvalue weighted by Gasteiger charge is -2.17. The van der Waals surface area contributed by atoms with Crippen LogP contribution in [0, 0.1) is 6.92 Å². The third-order valence-corrected chi connectivity index (χ3v) is 3.17. The van der Waals surface area contributed by atoms with Crippen molar-refractivity contribution in [3.63, 3.8) is 0 Å². The van der Waals surface area contributed by atoms with Crippen molar-refractivity contribution in [2.24, 2.45) is 12.8 Å². The highest BCUT2D eigenvalue weighted by Crippen LogP contribution is 2.22. The van der Waals surface area contributed by atoms with E-state index in [0.717, 1.165) is 22.6 Å². The molecular formula is C13H17N5S. The van der Waals surface area contributed by atoms with Crippen molar-refractivity contribution in [2.75, 3.05) is 5.32 Å². The number of hydrogen-bond acceptors (Lipinski definition) is 4. The second kappa shape index (κ2) is 5.36. The molecule has 2 rings (SSSR count). The van der Waals surface area contributed by atoms with E-state index >= 15 is 0 Å². The zero-order valence-corrected chi connectivity index (χ0v) is 12.0. The second-order valence-corrected chi connectivity index (χ2v) is 5.02. The Balaban J connectivity index is 2.30. The number of nitrogens with two attached hydrogens (primary N) is 1. The number of aromatic nitrogens is 3. The number of nitrogens with one attached hydrogen (secondary N) is 1. The van der Waals surface area contributed by atoms with Crippen molar-refractivity contribution in [1.29, 1.82) is 0 Å². The van der Waals surface area contributed by atoms with Crippen LogP contribution in [0.3, 0.4) is 0 Å². The Kier molecular flexibility index (Phi) is 3.80. The predicted molar refractivity (Wildman–Crippen MR) is 80.1 cm³/mol. The summed E-state index contributed by atoms with van der Waals surface area (Å²) in [7, 11) is 1.91. The van der Waals surface area contributed by atoms with E-state index in [1.165, 1.54) is 0 Å². The Morgan fingerprint density at radius 2 is 2.21 bits per heavy atom. The predicted octanol–water partition coefficient (Wildman–Crippen LogP) is 1.93. The van der Waals surface area contributed by atoms with E-state index in [9.17, 15) is 0 Å². The summed E-state index contributed by atoms with van der Waals surface area (Å²) in [6.07, 6.45) is 1.68. The number of nitrogens with zero attached hydrogens (tertiary/aromatic N) is 3. The lowest BCUT2D eigenvalue weighted by molar-refractivity contribution is 0.719. The summed E-state index contributed by atoms with van der Waals surface area (Å²) in [6.45, 7) is 4.05. The average molecular weight is 275 g/mol. The number of anilines is 1. The summed E-state index contributed by atoms with van der Waals surface area (Å²) >= 11 is 5.08. The van der Waals surface area contributed by atoms with E-state index in [-0.39, 0.29) is 6.04 Å². The number of thiocarbonyl (C=S) groups is 1. The first-order valence-corrected chi connectivity index (χ1v) is 6.40. The lowest BCUT2D eigenvalue weighted by atomic mass is 10.1. The van der Waals surface area contributed by atoms with Crippen molar-refractivity contribution >= 4 is 22.9 Å². The Morgan fingerprint density at radius 1 is 1.47 bits per heavy atom. The summed E-state index contributed by atoms with van der Waals surface area (Å²) < 4.78 is 1.88. The summed E-state index contributed by atoms with van der Waals surface area (Å²) in [4.78, 5) is 0.382. The summed E-state index contributed by atoms with van der Waals surface area (Å²) in [5.41, 5.74) is 8.65. The van der Waals surface area contributed by atoms with Gasteiger partial charge in [-0.2, -0.15) is 0 Å². The fraction of sp³-hybridized carbons (Fsp3) is 0.308. The van der Waals surface area contributed by atoms with E-state index < -0.39 is 0 Å². The zero-order chi connectivity index (χ0) is 14.0. The van der Waals surface area contributed by atoms with E-state index in [1.54, 1.807) is 6.33 Å². The van der Waals surface area contributed by atoms with Crippen molar-refractivity contribution < 1.29 is 0 Å². The second-order valence-electron chi connectivity index (χ2n) is 4.58. The Morgan fingerprint density at radius 3 is 2.79 bits per heavy atom. The minimum absolute atomic E-state index is 0.0161. The molecule has 0 aliphatic rings. The van der Waals surface area contributed by atoms with Crippen LogP contribution in [0.25, 0.3) is 0 Å². The molecule has 1 aromatic heterocycles. The first-order chi connectivity index (χ1) is 8.99. The maximum Gasteiger partial charge on any atom is 0.154 e. The molecule has 1 atom stereocenters. The fourth-order valence-corrected chi connectivity index (χ4v) is 2.15. The van der Waals surface area contributed by atoms with Crippen LogP contribution in [-0.2, 0) is 7.05 Å². The third-order valence-electron chi connectivity index (χ3n) is 2.95. The standard InChI is InChI=1S/C13H17N5S/c1-8-4-5-10(12(14)19)11(6-8)16-9(2)13-17-15-7-18(13)3/h4-7,9,16H,1-3H3,(H2,14,19). The normalized spacial score (nSPS) is 12.2. The Hall–Kier alpha value is -1.95. The average Bonchev–Trinajstić information content (AvgIpc) is 2.75. The Labute approximate surface area is 117 Å². The van der Waals surface area contributed by atoms with E-state index in [4.69, 9.17) is 18.0 Å². The smallest absolute Gasteiger partial charge is 0.154 e. The molecule has 0 aliphatic heterocycles. The van der Waals surface area contributed by atoms with Gasteiger partial charge < -0.3 is 15.6 Å². The van der Waals surface area contributed by atoms with Crippen LogP contribution in [0.5, 0.6) is 0 Å². The van der Waals surface area contributed by atoms with Crippen LogP contribution in [-0.4, -0.2) is 19.8 Å². The number of hydrogen-bond donors (Lipinski definition) is 2.